The summed E-state index contributed by atoms with van der Waals surface area (Å²) >= 11 is 0. The maximum Gasteiger partial charge on any atom is 0.272 e. The topological polar surface area (TPSA) is 36.4 Å². The van der Waals surface area contributed by atoms with Crippen molar-refractivity contribution in [2.24, 2.45) is 0 Å². The SMILES string of the molecule is CN(C)CCN(Cc1ccc(F)c(F)c1)C(=O)c1ccccn1. The van der Waals surface area contributed by atoms with Gasteiger partial charge < -0.3 is 9.80 Å². The molecule has 0 saturated heterocycles. The Morgan fingerprint density at radius 3 is 2.48 bits per heavy atom. The van der Waals surface area contributed by atoms with Crippen LogP contribution in [-0.2, 0) is 6.54 Å². The summed E-state index contributed by atoms with van der Waals surface area (Å²) in [4.78, 5) is 20.2. The van der Waals surface area contributed by atoms with Crippen LogP contribution in [0.25, 0.3) is 0 Å². The normalized spacial score (nSPS) is 10.8. The van der Waals surface area contributed by atoms with Gasteiger partial charge >= 0.3 is 0 Å². The number of likely N-dealkylation sites (N-methyl/N-ethyl adjacent to an activating group) is 1. The lowest BCUT2D eigenvalue weighted by Gasteiger charge is -2.24. The second-order valence-electron chi connectivity index (χ2n) is 5.49. The predicted molar refractivity (Wildman–Crippen MR) is 83.9 cm³/mol. The van der Waals surface area contributed by atoms with E-state index < -0.39 is 11.6 Å². The number of hydrogen-bond acceptors (Lipinski definition) is 3. The van der Waals surface area contributed by atoms with E-state index in [0.29, 0.717) is 24.3 Å². The van der Waals surface area contributed by atoms with Gasteiger partial charge in [0.2, 0.25) is 0 Å². The van der Waals surface area contributed by atoms with Gasteiger partial charge in [0, 0.05) is 25.8 Å². The summed E-state index contributed by atoms with van der Waals surface area (Å²) in [6, 6.07) is 8.77. The number of aromatic nitrogens is 1. The van der Waals surface area contributed by atoms with Crippen LogP contribution in [0.15, 0.2) is 42.6 Å². The van der Waals surface area contributed by atoms with Gasteiger partial charge in [0.15, 0.2) is 11.6 Å². The molecule has 0 aliphatic carbocycles. The first kappa shape index (κ1) is 17.0. The Morgan fingerprint density at radius 1 is 1.09 bits per heavy atom. The molecule has 1 aromatic carbocycles. The quantitative estimate of drug-likeness (QED) is 0.821. The highest BCUT2D eigenvalue weighted by atomic mass is 19.2. The van der Waals surface area contributed by atoms with E-state index in [0.717, 1.165) is 12.1 Å². The molecule has 0 aliphatic heterocycles. The van der Waals surface area contributed by atoms with Crippen molar-refractivity contribution in [3.05, 3.63) is 65.5 Å². The Hall–Kier alpha value is -2.34. The molecule has 0 aliphatic rings. The first-order chi connectivity index (χ1) is 11.0. The molecule has 0 unspecified atom stereocenters. The van der Waals surface area contributed by atoms with Crippen molar-refractivity contribution in [3.8, 4) is 0 Å². The molecule has 4 nitrogen and oxygen atoms in total. The van der Waals surface area contributed by atoms with Crippen molar-refractivity contribution >= 4 is 5.91 Å². The molecule has 0 saturated carbocycles. The van der Waals surface area contributed by atoms with Crippen molar-refractivity contribution in [2.45, 2.75) is 6.54 Å². The maximum absolute atomic E-state index is 13.4. The van der Waals surface area contributed by atoms with Crippen LogP contribution in [0, 0.1) is 11.6 Å². The lowest BCUT2D eigenvalue weighted by atomic mass is 10.2. The molecule has 1 heterocycles. The van der Waals surface area contributed by atoms with E-state index in [-0.39, 0.29) is 12.5 Å². The monoisotopic (exact) mass is 319 g/mol. The van der Waals surface area contributed by atoms with Crippen LogP contribution in [0.3, 0.4) is 0 Å². The molecule has 23 heavy (non-hydrogen) atoms. The molecule has 1 amide bonds. The molecule has 0 radical (unpaired) electrons. The summed E-state index contributed by atoms with van der Waals surface area (Å²) in [5.41, 5.74) is 0.862. The van der Waals surface area contributed by atoms with Crippen LogP contribution in [0.1, 0.15) is 16.1 Å². The highest BCUT2D eigenvalue weighted by molar-refractivity contribution is 5.92. The second-order valence-corrected chi connectivity index (χ2v) is 5.49. The third-order valence-electron chi connectivity index (χ3n) is 3.35. The molecule has 0 fully saturated rings. The fourth-order valence-electron chi connectivity index (χ4n) is 2.08. The number of carbonyl (C=O) groups is 1. The van der Waals surface area contributed by atoms with E-state index in [4.69, 9.17) is 0 Å². The van der Waals surface area contributed by atoms with Crippen molar-refractivity contribution in [3.63, 3.8) is 0 Å². The van der Waals surface area contributed by atoms with Crippen LogP contribution in [0.5, 0.6) is 0 Å². The van der Waals surface area contributed by atoms with E-state index in [9.17, 15) is 13.6 Å². The molecule has 2 rings (SSSR count). The molecule has 0 spiro atoms. The number of rotatable bonds is 6. The third-order valence-corrected chi connectivity index (χ3v) is 3.35. The largest absolute Gasteiger partial charge is 0.332 e. The van der Waals surface area contributed by atoms with Gasteiger partial charge in [-0.1, -0.05) is 12.1 Å². The standard InChI is InChI=1S/C17H19F2N3O/c1-21(2)9-10-22(17(23)16-5-3-4-8-20-16)12-13-6-7-14(18)15(19)11-13/h3-8,11H,9-10,12H2,1-2H3. The second kappa shape index (κ2) is 7.78. The minimum absolute atomic E-state index is 0.195. The van der Waals surface area contributed by atoms with E-state index >= 15 is 0 Å². The van der Waals surface area contributed by atoms with Gasteiger partial charge in [-0.2, -0.15) is 0 Å². The fourth-order valence-corrected chi connectivity index (χ4v) is 2.08. The van der Waals surface area contributed by atoms with Crippen molar-refractivity contribution in [2.75, 3.05) is 27.2 Å². The minimum atomic E-state index is -0.916. The van der Waals surface area contributed by atoms with Crippen LogP contribution in [-0.4, -0.2) is 47.9 Å². The van der Waals surface area contributed by atoms with E-state index in [2.05, 4.69) is 4.98 Å². The first-order valence-electron chi connectivity index (χ1n) is 7.26. The molecule has 0 atom stereocenters. The van der Waals surface area contributed by atoms with Gasteiger partial charge in [0.05, 0.1) is 0 Å². The summed E-state index contributed by atoms with van der Waals surface area (Å²) in [7, 11) is 3.81. The van der Waals surface area contributed by atoms with Crippen LogP contribution < -0.4 is 0 Å². The van der Waals surface area contributed by atoms with Crippen molar-refractivity contribution in [1.82, 2.24) is 14.8 Å². The molecule has 0 N–H and O–H groups in total. The number of nitrogens with zero attached hydrogens (tertiary/aromatic N) is 3. The number of carbonyl (C=O) groups excluding carboxylic acids is 1. The lowest BCUT2D eigenvalue weighted by Crippen LogP contribution is -2.36. The Balaban J connectivity index is 2.19. The average molecular weight is 319 g/mol. The Kier molecular flexibility index (Phi) is 5.76. The number of amides is 1. The van der Waals surface area contributed by atoms with Gasteiger partial charge in [-0.3, -0.25) is 9.78 Å². The van der Waals surface area contributed by atoms with Gasteiger partial charge in [0.25, 0.3) is 5.91 Å². The third kappa shape index (κ3) is 4.82. The van der Waals surface area contributed by atoms with E-state index in [1.165, 1.54) is 6.07 Å². The van der Waals surface area contributed by atoms with Crippen molar-refractivity contribution in [1.29, 1.82) is 0 Å². The Morgan fingerprint density at radius 2 is 1.87 bits per heavy atom. The average Bonchev–Trinajstić information content (AvgIpc) is 2.54. The van der Waals surface area contributed by atoms with Crippen LogP contribution in [0.2, 0.25) is 0 Å². The van der Waals surface area contributed by atoms with Gasteiger partial charge in [-0.15, -0.1) is 0 Å². The minimum Gasteiger partial charge on any atom is -0.332 e. The summed E-state index contributed by atoms with van der Waals surface area (Å²) in [6.07, 6.45) is 1.55. The zero-order valence-corrected chi connectivity index (χ0v) is 13.2. The molecule has 2 aromatic rings. The lowest BCUT2D eigenvalue weighted by molar-refractivity contribution is 0.0726. The molecular weight excluding hydrogens is 300 g/mol. The highest BCUT2D eigenvalue weighted by Crippen LogP contribution is 2.13. The molecule has 122 valence electrons. The summed E-state index contributed by atoms with van der Waals surface area (Å²) < 4.78 is 26.4. The van der Waals surface area contributed by atoms with E-state index in [1.807, 2.05) is 19.0 Å². The first-order valence-corrected chi connectivity index (χ1v) is 7.26. The Bertz CT molecular complexity index is 662. The van der Waals surface area contributed by atoms with Gasteiger partial charge in [-0.25, -0.2) is 8.78 Å². The Labute approximate surface area is 134 Å². The number of halogens is 2. The molecule has 0 bridgehead atoms. The van der Waals surface area contributed by atoms with Crippen LogP contribution in [0.4, 0.5) is 8.78 Å². The van der Waals surface area contributed by atoms with Gasteiger partial charge in [0.1, 0.15) is 5.69 Å². The number of pyridine rings is 1. The zero-order chi connectivity index (χ0) is 16.8. The predicted octanol–water partition coefficient (Wildman–Crippen LogP) is 2.56. The smallest absolute Gasteiger partial charge is 0.272 e. The van der Waals surface area contributed by atoms with Gasteiger partial charge in [-0.05, 0) is 43.9 Å². The highest BCUT2D eigenvalue weighted by Gasteiger charge is 2.18. The van der Waals surface area contributed by atoms with Crippen LogP contribution >= 0.6 is 0 Å². The molecule has 1 aromatic heterocycles. The van der Waals surface area contributed by atoms with E-state index in [1.54, 1.807) is 29.3 Å². The zero-order valence-electron chi connectivity index (χ0n) is 13.2. The summed E-state index contributed by atoms with van der Waals surface area (Å²) in [5.74, 6) is -2.05. The fraction of sp³-hybridized carbons (Fsp3) is 0.294. The molecular formula is C17H19F2N3O. The molecule has 6 heteroatoms. The summed E-state index contributed by atoms with van der Waals surface area (Å²) in [5, 5.41) is 0. The summed E-state index contributed by atoms with van der Waals surface area (Å²) in [6.45, 7) is 1.31. The van der Waals surface area contributed by atoms with Crippen molar-refractivity contribution < 1.29 is 13.6 Å². The number of hydrogen-bond donors (Lipinski definition) is 0. The maximum atomic E-state index is 13.4. The number of benzene rings is 1.